The number of hydrogen-bond acceptors (Lipinski definition) is 3. The summed E-state index contributed by atoms with van der Waals surface area (Å²) in [5.41, 5.74) is 3.53. The van der Waals surface area contributed by atoms with Gasteiger partial charge in [0.05, 0.1) is 0 Å². The predicted octanol–water partition coefficient (Wildman–Crippen LogP) is 5.22. The van der Waals surface area contributed by atoms with Crippen molar-refractivity contribution in [1.82, 2.24) is 9.97 Å². The lowest BCUT2D eigenvalue weighted by Gasteiger charge is -2.08. The summed E-state index contributed by atoms with van der Waals surface area (Å²) in [4.78, 5) is 9.10. The standard InChI is InChI=1S/C22H19N3/c1-16-5-4-6-17(13-16)15-24-21-11-12-23-22(25-21)20-10-9-18-7-2-3-8-19(18)14-20/h2-14H,15H2,1H3,(H,23,24,25). The van der Waals surface area contributed by atoms with E-state index in [1.807, 2.05) is 18.2 Å². The van der Waals surface area contributed by atoms with Gasteiger partial charge in [-0.05, 0) is 35.4 Å². The van der Waals surface area contributed by atoms with Gasteiger partial charge < -0.3 is 5.32 Å². The van der Waals surface area contributed by atoms with Crippen molar-refractivity contribution in [1.29, 1.82) is 0 Å². The smallest absolute Gasteiger partial charge is 0.161 e. The molecule has 1 N–H and O–H groups in total. The lowest BCUT2D eigenvalue weighted by molar-refractivity contribution is 1.08. The highest BCUT2D eigenvalue weighted by atomic mass is 15.0. The summed E-state index contributed by atoms with van der Waals surface area (Å²) in [6.45, 7) is 2.85. The van der Waals surface area contributed by atoms with Gasteiger partial charge in [0, 0.05) is 18.3 Å². The molecule has 0 aliphatic heterocycles. The van der Waals surface area contributed by atoms with Crippen LogP contribution in [-0.4, -0.2) is 9.97 Å². The number of benzene rings is 3. The van der Waals surface area contributed by atoms with E-state index in [0.29, 0.717) is 0 Å². The molecule has 0 saturated heterocycles. The summed E-state index contributed by atoms with van der Waals surface area (Å²) in [5.74, 6) is 1.57. The average molecular weight is 325 g/mol. The summed E-state index contributed by atoms with van der Waals surface area (Å²) in [6.07, 6.45) is 1.80. The van der Waals surface area contributed by atoms with Crippen LogP contribution in [-0.2, 0) is 6.54 Å². The Morgan fingerprint density at radius 3 is 2.60 bits per heavy atom. The van der Waals surface area contributed by atoms with Gasteiger partial charge in [0.1, 0.15) is 5.82 Å². The van der Waals surface area contributed by atoms with Gasteiger partial charge in [-0.2, -0.15) is 0 Å². The Morgan fingerprint density at radius 1 is 0.840 bits per heavy atom. The minimum atomic E-state index is 0.736. The highest BCUT2D eigenvalue weighted by Crippen LogP contribution is 2.22. The van der Waals surface area contributed by atoms with Gasteiger partial charge in [-0.1, -0.05) is 66.2 Å². The molecule has 0 spiro atoms. The molecule has 0 radical (unpaired) electrons. The van der Waals surface area contributed by atoms with Crippen LogP contribution in [0.15, 0.2) is 79.0 Å². The van der Waals surface area contributed by atoms with Crippen LogP contribution in [0.25, 0.3) is 22.2 Å². The second-order valence-corrected chi connectivity index (χ2v) is 6.17. The van der Waals surface area contributed by atoms with Crippen molar-refractivity contribution in [2.45, 2.75) is 13.5 Å². The number of nitrogens with one attached hydrogen (secondary N) is 1. The summed E-state index contributed by atoms with van der Waals surface area (Å²) >= 11 is 0. The van der Waals surface area contributed by atoms with Crippen LogP contribution in [0.4, 0.5) is 5.82 Å². The van der Waals surface area contributed by atoms with Gasteiger partial charge in [0.2, 0.25) is 0 Å². The van der Waals surface area contributed by atoms with E-state index in [0.717, 1.165) is 23.8 Å². The number of nitrogens with zero attached hydrogens (tertiary/aromatic N) is 2. The predicted molar refractivity (Wildman–Crippen MR) is 103 cm³/mol. The quantitative estimate of drug-likeness (QED) is 0.559. The molecule has 3 nitrogen and oxygen atoms in total. The van der Waals surface area contributed by atoms with E-state index < -0.39 is 0 Å². The first-order chi connectivity index (χ1) is 12.3. The fourth-order valence-corrected chi connectivity index (χ4v) is 2.94. The van der Waals surface area contributed by atoms with Crippen molar-refractivity contribution in [2.24, 2.45) is 0 Å². The number of hydrogen-bond donors (Lipinski definition) is 1. The first-order valence-electron chi connectivity index (χ1n) is 8.39. The van der Waals surface area contributed by atoms with Gasteiger partial charge in [0.25, 0.3) is 0 Å². The van der Waals surface area contributed by atoms with E-state index in [-0.39, 0.29) is 0 Å². The van der Waals surface area contributed by atoms with Gasteiger partial charge in [-0.3, -0.25) is 0 Å². The molecule has 0 aliphatic rings. The Labute approximate surface area is 147 Å². The Balaban J connectivity index is 1.57. The van der Waals surface area contributed by atoms with Gasteiger partial charge in [-0.15, -0.1) is 0 Å². The van der Waals surface area contributed by atoms with Crippen molar-refractivity contribution in [3.63, 3.8) is 0 Å². The first-order valence-corrected chi connectivity index (χ1v) is 8.39. The number of anilines is 1. The third kappa shape index (κ3) is 3.50. The topological polar surface area (TPSA) is 37.8 Å². The highest BCUT2D eigenvalue weighted by molar-refractivity contribution is 5.86. The molecule has 1 heterocycles. The molecular formula is C22H19N3. The zero-order valence-electron chi connectivity index (χ0n) is 14.1. The van der Waals surface area contributed by atoms with Crippen LogP contribution in [0.3, 0.4) is 0 Å². The van der Waals surface area contributed by atoms with Crippen LogP contribution < -0.4 is 5.32 Å². The van der Waals surface area contributed by atoms with Crippen LogP contribution >= 0.6 is 0 Å². The largest absolute Gasteiger partial charge is 0.366 e. The minimum Gasteiger partial charge on any atom is -0.366 e. The van der Waals surface area contributed by atoms with Crippen molar-refractivity contribution >= 4 is 16.6 Å². The van der Waals surface area contributed by atoms with Crippen molar-refractivity contribution in [2.75, 3.05) is 5.32 Å². The SMILES string of the molecule is Cc1cccc(CNc2ccnc(-c3ccc4ccccc4c3)n2)c1. The summed E-state index contributed by atoms with van der Waals surface area (Å²) in [7, 11) is 0. The second-order valence-electron chi connectivity index (χ2n) is 6.17. The van der Waals surface area contributed by atoms with Crippen LogP contribution in [0.2, 0.25) is 0 Å². The maximum absolute atomic E-state index is 4.67. The molecule has 0 saturated carbocycles. The van der Waals surface area contributed by atoms with E-state index in [2.05, 4.69) is 76.8 Å². The molecule has 0 amide bonds. The second kappa shape index (κ2) is 6.73. The lowest BCUT2D eigenvalue weighted by Crippen LogP contribution is -2.02. The first kappa shape index (κ1) is 15.3. The highest BCUT2D eigenvalue weighted by Gasteiger charge is 2.04. The third-order valence-electron chi connectivity index (χ3n) is 4.22. The van der Waals surface area contributed by atoms with Crippen molar-refractivity contribution < 1.29 is 0 Å². The fraction of sp³-hybridized carbons (Fsp3) is 0.0909. The van der Waals surface area contributed by atoms with E-state index in [4.69, 9.17) is 0 Å². The summed E-state index contributed by atoms with van der Waals surface area (Å²) in [5, 5.41) is 5.80. The molecule has 0 fully saturated rings. The number of aryl methyl sites for hydroxylation is 1. The normalized spacial score (nSPS) is 10.8. The monoisotopic (exact) mass is 325 g/mol. The summed E-state index contributed by atoms with van der Waals surface area (Å²) in [6, 6.07) is 25.0. The zero-order valence-corrected chi connectivity index (χ0v) is 14.1. The van der Waals surface area contributed by atoms with Gasteiger partial charge >= 0.3 is 0 Å². The molecule has 4 aromatic rings. The maximum Gasteiger partial charge on any atom is 0.161 e. The molecule has 122 valence electrons. The molecule has 3 heteroatoms. The third-order valence-corrected chi connectivity index (χ3v) is 4.22. The number of rotatable bonds is 4. The Kier molecular flexibility index (Phi) is 4.13. The number of aromatic nitrogens is 2. The van der Waals surface area contributed by atoms with Crippen molar-refractivity contribution in [3.8, 4) is 11.4 Å². The van der Waals surface area contributed by atoms with E-state index in [1.165, 1.54) is 21.9 Å². The molecule has 3 aromatic carbocycles. The fourth-order valence-electron chi connectivity index (χ4n) is 2.94. The zero-order chi connectivity index (χ0) is 17.1. The average Bonchev–Trinajstić information content (AvgIpc) is 2.66. The molecule has 1 aromatic heterocycles. The van der Waals surface area contributed by atoms with E-state index in [9.17, 15) is 0 Å². The van der Waals surface area contributed by atoms with Gasteiger partial charge in [-0.25, -0.2) is 9.97 Å². The molecule has 0 atom stereocenters. The lowest BCUT2D eigenvalue weighted by atomic mass is 10.1. The molecule has 0 unspecified atom stereocenters. The summed E-state index contributed by atoms with van der Waals surface area (Å²) < 4.78 is 0. The molecular weight excluding hydrogens is 306 g/mol. The number of fused-ring (bicyclic) bond motifs is 1. The molecule has 4 rings (SSSR count). The Bertz CT molecular complexity index is 1020. The van der Waals surface area contributed by atoms with Crippen LogP contribution in [0, 0.1) is 6.92 Å². The Hall–Kier alpha value is -3.20. The van der Waals surface area contributed by atoms with Crippen LogP contribution in [0.1, 0.15) is 11.1 Å². The molecule has 0 aliphatic carbocycles. The minimum absolute atomic E-state index is 0.736. The van der Waals surface area contributed by atoms with Gasteiger partial charge in [0.15, 0.2) is 5.82 Å². The van der Waals surface area contributed by atoms with E-state index in [1.54, 1.807) is 6.20 Å². The maximum atomic E-state index is 4.67. The van der Waals surface area contributed by atoms with Crippen LogP contribution in [0.5, 0.6) is 0 Å². The molecule has 0 bridgehead atoms. The Morgan fingerprint density at radius 2 is 1.72 bits per heavy atom. The molecule has 25 heavy (non-hydrogen) atoms. The van der Waals surface area contributed by atoms with Crippen molar-refractivity contribution in [3.05, 3.63) is 90.1 Å². The van der Waals surface area contributed by atoms with E-state index >= 15 is 0 Å².